The lowest BCUT2D eigenvalue weighted by Crippen LogP contribution is -2.63. The fraction of sp³-hybridized carbons (Fsp3) is 0.935. The molecular formula is C31H50O19. The average molecular weight is 727 g/mol. The molecule has 0 radical (unpaired) electrons. The molecule has 3 aliphatic heterocycles. The molecule has 5 aliphatic rings. The van der Waals surface area contributed by atoms with Gasteiger partial charge in [0.25, 0.3) is 0 Å². The number of rotatable bonds is 9. The van der Waals surface area contributed by atoms with Crippen molar-refractivity contribution in [3.63, 3.8) is 0 Å². The second-order valence-electron chi connectivity index (χ2n) is 14.0. The minimum Gasteiger partial charge on any atom is -0.463 e. The van der Waals surface area contributed by atoms with Crippen LogP contribution >= 0.6 is 0 Å². The maximum Gasteiger partial charge on any atom is 0.302 e. The molecule has 0 aromatic carbocycles. The van der Waals surface area contributed by atoms with Crippen LogP contribution in [-0.2, 0) is 42.7 Å². The van der Waals surface area contributed by atoms with Gasteiger partial charge in [0.2, 0.25) is 0 Å². The van der Waals surface area contributed by atoms with Gasteiger partial charge in [0, 0.05) is 26.2 Å². The quantitative estimate of drug-likeness (QED) is 0.0994. The lowest BCUT2D eigenvalue weighted by atomic mass is 9.72. The monoisotopic (exact) mass is 726 g/mol. The molecule has 0 spiro atoms. The normalized spacial score (nSPS) is 49.8. The predicted molar refractivity (Wildman–Crippen MR) is 159 cm³/mol. The number of carbonyl (C=O) groups is 2. The molecule has 0 amide bonds. The largest absolute Gasteiger partial charge is 0.463 e. The summed E-state index contributed by atoms with van der Waals surface area (Å²) in [4.78, 5) is 22.8. The summed E-state index contributed by atoms with van der Waals surface area (Å²) in [7, 11) is 0. The summed E-state index contributed by atoms with van der Waals surface area (Å²) in [6.07, 6.45) is -24.5. The molecule has 0 bridgehead atoms. The van der Waals surface area contributed by atoms with Gasteiger partial charge in [-0.2, -0.15) is 0 Å². The topological polar surface area (TPSA) is 301 Å². The SMILES string of the molecule is CC(=O)OC[C@H]1O[C@@H](OC2CC(O)CC3OC(C4CC(O)C(O)C(O)C4)C(O[C@@H]4O[C@H](COC(C)=O)[C@@H](O)[C@H](O)[C@H]4O)CC32)[C@H](O)[C@@H](O)[C@@H]1O. The smallest absolute Gasteiger partial charge is 0.302 e. The Morgan fingerprint density at radius 3 is 1.52 bits per heavy atom. The standard InChI is InChI=1S/C31H50O19/c1-10(32)44-8-20-23(38)25(40)27(42)30(49-20)47-18-6-13(34)5-17-14(18)7-19(29(46-17)12-3-15(35)22(37)16(36)4-12)48-31-28(43)26(41)24(39)21(50-31)9-45-11(2)33/h12-31,34-43H,3-9H2,1-2H3/t12?,13?,14?,15?,16?,17?,18?,19?,20-,21-,22?,23-,24-,25+,26+,27-,28-,29?,30-,31-/m1/s1. The highest BCUT2D eigenvalue weighted by atomic mass is 16.7. The van der Waals surface area contributed by atoms with E-state index in [-0.39, 0.29) is 32.1 Å². The molecule has 2 aliphatic carbocycles. The van der Waals surface area contributed by atoms with Crippen LogP contribution in [0.5, 0.6) is 0 Å². The molecule has 3 saturated heterocycles. The van der Waals surface area contributed by atoms with Crippen LogP contribution in [0.1, 0.15) is 46.0 Å². The zero-order valence-corrected chi connectivity index (χ0v) is 27.6. The molecule has 50 heavy (non-hydrogen) atoms. The van der Waals surface area contributed by atoms with Gasteiger partial charge in [0.1, 0.15) is 68.1 Å². The van der Waals surface area contributed by atoms with Gasteiger partial charge in [0.15, 0.2) is 12.6 Å². The van der Waals surface area contributed by atoms with Crippen LogP contribution < -0.4 is 0 Å². The van der Waals surface area contributed by atoms with Crippen LogP contribution in [0, 0.1) is 11.8 Å². The fourth-order valence-corrected chi connectivity index (χ4v) is 7.67. The summed E-state index contributed by atoms with van der Waals surface area (Å²) in [5.74, 6) is -2.59. The molecule has 0 aromatic heterocycles. The molecule has 288 valence electrons. The van der Waals surface area contributed by atoms with E-state index in [1.54, 1.807) is 0 Å². The molecule has 5 rings (SSSR count). The third-order valence-corrected chi connectivity index (χ3v) is 10.4. The second kappa shape index (κ2) is 16.6. The van der Waals surface area contributed by atoms with Gasteiger partial charge < -0.3 is 84.2 Å². The number of esters is 2. The van der Waals surface area contributed by atoms with Crippen LogP contribution in [0.25, 0.3) is 0 Å². The van der Waals surface area contributed by atoms with Gasteiger partial charge in [-0.15, -0.1) is 0 Å². The second-order valence-corrected chi connectivity index (χ2v) is 14.0. The Hall–Kier alpha value is -1.66. The van der Waals surface area contributed by atoms with E-state index in [1.165, 1.54) is 0 Å². The molecule has 0 aromatic rings. The number of ether oxygens (including phenoxy) is 7. The first-order valence-electron chi connectivity index (χ1n) is 16.9. The molecule has 3 heterocycles. The van der Waals surface area contributed by atoms with Crippen LogP contribution in [0.3, 0.4) is 0 Å². The fourth-order valence-electron chi connectivity index (χ4n) is 7.67. The van der Waals surface area contributed by atoms with Gasteiger partial charge >= 0.3 is 11.9 Å². The third-order valence-electron chi connectivity index (χ3n) is 10.4. The van der Waals surface area contributed by atoms with Crippen molar-refractivity contribution in [1.29, 1.82) is 0 Å². The van der Waals surface area contributed by atoms with Gasteiger partial charge in [0.05, 0.1) is 42.7 Å². The first-order valence-corrected chi connectivity index (χ1v) is 16.9. The first-order chi connectivity index (χ1) is 23.5. The average Bonchev–Trinajstić information content (AvgIpc) is 3.06. The zero-order valence-electron chi connectivity index (χ0n) is 27.6. The Labute approximate surface area is 287 Å². The number of aliphatic hydroxyl groups is 10. The lowest BCUT2D eigenvalue weighted by molar-refractivity contribution is -0.345. The number of aliphatic hydroxyl groups excluding tert-OH is 10. The van der Waals surface area contributed by atoms with Gasteiger partial charge in [-0.25, -0.2) is 0 Å². The summed E-state index contributed by atoms with van der Waals surface area (Å²) < 4.78 is 40.2. The van der Waals surface area contributed by atoms with Crippen molar-refractivity contribution in [2.24, 2.45) is 11.8 Å². The van der Waals surface area contributed by atoms with E-state index in [0.717, 1.165) is 13.8 Å². The van der Waals surface area contributed by atoms with E-state index >= 15 is 0 Å². The van der Waals surface area contributed by atoms with Crippen molar-refractivity contribution < 1.29 is 93.8 Å². The lowest BCUT2D eigenvalue weighted by Gasteiger charge is -2.52. The van der Waals surface area contributed by atoms with Gasteiger partial charge in [-0.05, 0) is 31.6 Å². The molecule has 18 atom stereocenters. The molecule has 19 heteroatoms. The van der Waals surface area contributed by atoms with Gasteiger partial charge in [-0.3, -0.25) is 9.59 Å². The molecule has 19 nitrogen and oxygen atoms in total. The van der Waals surface area contributed by atoms with E-state index in [0.29, 0.717) is 0 Å². The zero-order chi connectivity index (χ0) is 36.6. The highest BCUT2D eigenvalue weighted by Gasteiger charge is 2.54. The van der Waals surface area contributed by atoms with Crippen LogP contribution in [0.4, 0.5) is 0 Å². The van der Waals surface area contributed by atoms with Gasteiger partial charge in [-0.1, -0.05) is 0 Å². The number of fused-ring (bicyclic) bond motifs is 1. The maximum atomic E-state index is 11.4. The third kappa shape index (κ3) is 8.75. The number of carbonyl (C=O) groups excluding carboxylic acids is 2. The summed E-state index contributed by atoms with van der Waals surface area (Å²) in [6, 6.07) is 0. The van der Waals surface area contributed by atoms with Crippen LogP contribution in [-0.4, -0.2) is 186 Å². The predicted octanol–water partition coefficient (Wildman–Crippen LogP) is -5.08. The van der Waals surface area contributed by atoms with Crippen molar-refractivity contribution in [3.8, 4) is 0 Å². The minimum absolute atomic E-state index is 0.00667. The summed E-state index contributed by atoms with van der Waals surface area (Å²) >= 11 is 0. The van der Waals surface area contributed by atoms with Crippen molar-refractivity contribution >= 4 is 11.9 Å². The molecule has 5 fully saturated rings. The van der Waals surface area contributed by atoms with E-state index in [1.807, 2.05) is 0 Å². The van der Waals surface area contributed by atoms with Crippen molar-refractivity contribution in [3.05, 3.63) is 0 Å². The number of hydrogen-bond donors (Lipinski definition) is 10. The van der Waals surface area contributed by atoms with Crippen molar-refractivity contribution in [2.45, 2.75) is 156 Å². The Morgan fingerprint density at radius 2 is 1.04 bits per heavy atom. The Balaban J connectivity index is 1.39. The first kappa shape index (κ1) is 39.5. The Bertz CT molecular complexity index is 1130. The molecule has 10 N–H and O–H groups in total. The van der Waals surface area contributed by atoms with E-state index in [2.05, 4.69) is 0 Å². The highest BCUT2D eigenvalue weighted by Crippen LogP contribution is 2.45. The molecule has 8 unspecified atom stereocenters. The minimum atomic E-state index is -1.78. The summed E-state index contributed by atoms with van der Waals surface area (Å²) in [5.41, 5.74) is 0. The Morgan fingerprint density at radius 1 is 0.560 bits per heavy atom. The van der Waals surface area contributed by atoms with E-state index < -0.39 is 147 Å². The highest BCUT2D eigenvalue weighted by molar-refractivity contribution is 5.66. The number of hydrogen-bond acceptors (Lipinski definition) is 19. The molecule has 2 saturated carbocycles. The Kier molecular flexibility index (Phi) is 13.1. The summed E-state index contributed by atoms with van der Waals surface area (Å²) in [5, 5.41) is 106. The van der Waals surface area contributed by atoms with Crippen molar-refractivity contribution in [1.82, 2.24) is 0 Å². The van der Waals surface area contributed by atoms with E-state index in [4.69, 9.17) is 33.2 Å². The van der Waals surface area contributed by atoms with Crippen molar-refractivity contribution in [2.75, 3.05) is 13.2 Å². The summed E-state index contributed by atoms with van der Waals surface area (Å²) in [6.45, 7) is 1.37. The van der Waals surface area contributed by atoms with E-state index in [9.17, 15) is 60.7 Å². The molecular weight excluding hydrogens is 676 g/mol. The van der Waals surface area contributed by atoms with Crippen LogP contribution in [0.2, 0.25) is 0 Å². The van der Waals surface area contributed by atoms with Crippen LogP contribution in [0.15, 0.2) is 0 Å². The maximum absolute atomic E-state index is 11.4.